The summed E-state index contributed by atoms with van der Waals surface area (Å²) in [5.41, 5.74) is 0.467. The molecule has 2 heterocycles. The number of nitrogens with zero attached hydrogens (tertiary/aromatic N) is 2. The van der Waals surface area contributed by atoms with Crippen molar-refractivity contribution in [3.05, 3.63) is 41.6 Å². The molecule has 1 aliphatic rings. The first-order valence-corrected chi connectivity index (χ1v) is 7.24. The zero-order chi connectivity index (χ0) is 17.2. The van der Waals surface area contributed by atoms with Crippen molar-refractivity contribution in [3.63, 3.8) is 0 Å². The summed E-state index contributed by atoms with van der Waals surface area (Å²) in [6, 6.07) is 5.63. The second-order valence-corrected chi connectivity index (χ2v) is 5.13. The van der Waals surface area contributed by atoms with E-state index in [4.69, 9.17) is 4.74 Å². The van der Waals surface area contributed by atoms with E-state index < -0.39 is 12.3 Å². The Kier molecular flexibility index (Phi) is 4.32. The smallest absolute Gasteiger partial charge is 0.477 e. The minimum atomic E-state index is -4.79. The lowest BCUT2D eigenvalue weighted by molar-refractivity contribution is -0.274. The van der Waals surface area contributed by atoms with Gasteiger partial charge in [0.25, 0.3) is 5.91 Å². The number of carbonyl (C=O) groups excluding carboxylic acids is 1. The summed E-state index contributed by atoms with van der Waals surface area (Å²) in [5.74, 6) is -0.447. The topological polar surface area (TPSA) is 65.4 Å². The quantitative estimate of drug-likeness (QED) is 0.928. The van der Waals surface area contributed by atoms with Gasteiger partial charge in [-0.15, -0.1) is 13.2 Å². The highest BCUT2D eigenvalue weighted by Gasteiger charge is 2.32. The number of alkyl halides is 3. The van der Waals surface area contributed by atoms with Crippen LogP contribution in [0.3, 0.4) is 0 Å². The van der Waals surface area contributed by atoms with Gasteiger partial charge in [-0.3, -0.25) is 4.79 Å². The zero-order valence-electron chi connectivity index (χ0n) is 12.5. The number of nitrogens with one attached hydrogen (secondary N) is 1. The Bertz CT molecular complexity index is 743. The molecular formula is C15H14F3N3O3. The van der Waals surface area contributed by atoms with Gasteiger partial charge in [-0.05, 0) is 6.07 Å². The van der Waals surface area contributed by atoms with Crippen LogP contribution in [0.2, 0.25) is 0 Å². The molecule has 9 heteroatoms. The second kappa shape index (κ2) is 6.42. The molecule has 0 unspecified atom stereocenters. The molecule has 0 bridgehead atoms. The van der Waals surface area contributed by atoms with E-state index in [0.717, 1.165) is 6.42 Å². The van der Waals surface area contributed by atoms with Gasteiger partial charge in [-0.25, -0.2) is 4.68 Å². The lowest BCUT2D eigenvalue weighted by Crippen LogP contribution is -2.25. The van der Waals surface area contributed by atoms with E-state index in [1.807, 2.05) is 0 Å². The summed E-state index contributed by atoms with van der Waals surface area (Å²) in [4.78, 5) is 12.2. The van der Waals surface area contributed by atoms with Crippen molar-refractivity contribution < 1.29 is 27.4 Å². The molecule has 1 aliphatic heterocycles. The molecule has 0 atom stereocenters. The maximum atomic E-state index is 12.4. The minimum Gasteiger partial charge on any atom is -0.477 e. The van der Waals surface area contributed by atoms with Crippen LogP contribution < -0.4 is 14.8 Å². The van der Waals surface area contributed by atoms with Gasteiger partial charge in [0.2, 0.25) is 5.88 Å². The highest BCUT2D eigenvalue weighted by Crippen LogP contribution is 2.26. The number of fused-ring (bicyclic) bond motifs is 1. The summed E-state index contributed by atoms with van der Waals surface area (Å²) in [6.45, 7) is 1.04. The van der Waals surface area contributed by atoms with Gasteiger partial charge in [-0.1, -0.05) is 18.2 Å². The van der Waals surface area contributed by atoms with Crippen molar-refractivity contribution in [3.8, 4) is 11.6 Å². The van der Waals surface area contributed by atoms with E-state index in [1.165, 1.54) is 24.4 Å². The Morgan fingerprint density at radius 1 is 1.38 bits per heavy atom. The van der Waals surface area contributed by atoms with E-state index in [0.29, 0.717) is 19.0 Å². The molecule has 1 amide bonds. The van der Waals surface area contributed by atoms with Crippen LogP contribution in [-0.2, 0) is 13.1 Å². The summed E-state index contributed by atoms with van der Waals surface area (Å²) < 4.78 is 48.1. The largest absolute Gasteiger partial charge is 0.573 e. The molecule has 3 rings (SSSR count). The second-order valence-electron chi connectivity index (χ2n) is 5.13. The summed E-state index contributed by atoms with van der Waals surface area (Å²) in [5, 5.41) is 6.61. The Balaban J connectivity index is 1.70. The lowest BCUT2D eigenvalue weighted by Gasteiger charge is -2.16. The van der Waals surface area contributed by atoms with E-state index in [-0.39, 0.29) is 23.4 Å². The van der Waals surface area contributed by atoms with Gasteiger partial charge in [0, 0.05) is 25.1 Å². The minimum absolute atomic E-state index is 0.115. The third-order valence-electron chi connectivity index (χ3n) is 3.43. The summed E-state index contributed by atoms with van der Waals surface area (Å²) in [6.07, 6.45) is -2.61. The first-order chi connectivity index (χ1) is 11.4. The predicted octanol–water partition coefficient (Wildman–Crippen LogP) is 2.49. The third-order valence-corrected chi connectivity index (χ3v) is 3.43. The molecular weight excluding hydrogens is 327 g/mol. The van der Waals surface area contributed by atoms with Gasteiger partial charge in [-0.2, -0.15) is 5.10 Å². The molecule has 24 heavy (non-hydrogen) atoms. The van der Waals surface area contributed by atoms with Gasteiger partial charge in [0.15, 0.2) is 0 Å². The summed E-state index contributed by atoms with van der Waals surface area (Å²) >= 11 is 0. The molecule has 1 aromatic carbocycles. The Hall–Kier alpha value is -2.71. The average molecular weight is 341 g/mol. The van der Waals surface area contributed by atoms with Crippen molar-refractivity contribution in [2.75, 3.05) is 6.61 Å². The average Bonchev–Trinajstić information content (AvgIpc) is 2.96. The number of rotatable bonds is 4. The van der Waals surface area contributed by atoms with Crippen LogP contribution in [0.15, 0.2) is 30.5 Å². The fourth-order valence-corrected chi connectivity index (χ4v) is 2.37. The number of para-hydroxylation sites is 1. The van der Waals surface area contributed by atoms with E-state index in [1.54, 1.807) is 10.7 Å². The van der Waals surface area contributed by atoms with Crippen LogP contribution in [0, 0.1) is 0 Å². The molecule has 1 N–H and O–H groups in total. The Labute approximate surface area is 135 Å². The number of hydrogen-bond acceptors (Lipinski definition) is 4. The molecule has 0 fully saturated rings. The number of benzene rings is 1. The maximum absolute atomic E-state index is 12.4. The maximum Gasteiger partial charge on any atom is 0.573 e. The van der Waals surface area contributed by atoms with Crippen LogP contribution in [-0.4, -0.2) is 28.7 Å². The van der Waals surface area contributed by atoms with E-state index in [2.05, 4.69) is 15.2 Å². The molecule has 0 saturated heterocycles. The molecule has 0 aliphatic carbocycles. The summed E-state index contributed by atoms with van der Waals surface area (Å²) in [7, 11) is 0. The monoisotopic (exact) mass is 341 g/mol. The molecule has 0 spiro atoms. The van der Waals surface area contributed by atoms with Crippen molar-refractivity contribution in [2.24, 2.45) is 0 Å². The number of amides is 1. The Morgan fingerprint density at radius 2 is 2.17 bits per heavy atom. The van der Waals surface area contributed by atoms with Crippen LogP contribution in [0.25, 0.3) is 0 Å². The normalized spacial score (nSPS) is 13.8. The van der Waals surface area contributed by atoms with E-state index in [9.17, 15) is 18.0 Å². The van der Waals surface area contributed by atoms with E-state index >= 15 is 0 Å². The SMILES string of the molecule is O=C(NCc1ccccc1OC(F)(F)F)c1cnn2c1OCCC2. The van der Waals surface area contributed by atoms with Gasteiger partial charge in [0.1, 0.15) is 11.3 Å². The lowest BCUT2D eigenvalue weighted by atomic mass is 10.2. The highest BCUT2D eigenvalue weighted by atomic mass is 19.4. The van der Waals surface area contributed by atoms with Crippen molar-refractivity contribution in [1.29, 1.82) is 0 Å². The van der Waals surface area contributed by atoms with Crippen LogP contribution in [0.1, 0.15) is 22.3 Å². The van der Waals surface area contributed by atoms with Gasteiger partial charge in [0.05, 0.1) is 12.8 Å². The fourth-order valence-electron chi connectivity index (χ4n) is 2.37. The van der Waals surface area contributed by atoms with Gasteiger partial charge < -0.3 is 14.8 Å². The zero-order valence-corrected chi connectivity index (χ0v) is 12.5. The number of halogens is 3. The number of aromatic nitrogens is 2. The Morgan fingerprint density at radius 3 is 2.96 bits per heavy atom. The highest BCUT2D eigenvalue weighted by molar-refractivity contribution is 5.96. The molecule has 0 radical (unpaired) electrons. The number of ether oxygens (including phenoxy) is 2. The standard InChI is InChI=1S/C15H14F3N3O3/c16-15(17,18)24-12-5-2-1-4-10(12)8-19-13(22)11-9-20-21-6-3-7-23-14(11)21/h1-2,4-5,9H,3,6-8H2,(H,19,22). The first kappa shape index (κ1) is 16.2. The number of aryl methyl sites for hydroxylation is 1. The van der Waals surface area contributed by atoms with Crippen molar-refractivity contribution >= 4 is 5.91 Å². The van der Waals surface area contributed by atoms with Crippen LogP contribution in [0.4, 0.5) is 13.2 Å². The molecule has 2 aromatic rings. The number of hydrogen-bond donors (Lipinski definition) is 1. The third kappa shape index (κ3) is 3.61. The van der Waals surface area contributed by atoms with Crippen LogP contribution >= 0.6 is 0 Å². The fraction of sp³-hybridized carbons (Fsp3) is 0.333. The molecule has 1 aromatic heterocycles. The van der Waals surface area contributed by atoms with Gasteiger partial charge >= 0.3 is 6.36 Å². The predicted molar refractivity (Wildman–Crippen MR) is 76.6 cm³/mol. The molecule has 6 nitrogen and oxygen atoms in total. The van der Waals surface area contributed by atoms with Crippen molar-refractivity contribution in [2.45, 2.75) is 25.9 Å². The molecule has 0 saturated carbocycles. The van der Waals surface area contributed by atoms with Crippen LogP contribution in [0.5, 0.6) is 11.6 Å². The first-order valence-electron chi connectivity index (χ1n) is 7.24. The molecule has 128 valence electrons. The van der Waals surface area contributed by atoms with Crippen molar-refractivity contribution in [1.82, 2.24) is 15.1 Å². The number of carbonyl (C=O) groups is 1.